The molecule has 4 heteroatoms. The van der Waals surface area contributed by atoms with E-state index in [1.807, 2.05) is 6.07 Å². The number of hydrogen-bond donors (Lipinski definition) is 2. The van der Waals surface area contributed by atoms with Crippen LogP contribution in [0.25, 0.3) is 0 Å². The highest BCUT2D eigenvalue weighted by molar-refractivity contribution is 7.10. The number of benzene rings is 1. The molecule has 1 fully saturated rings. The lowest BCUT2D eigenvalue weighted by atomic mass is 10.1. The Bertz CT molecular complexity index is 517. The first-order valence-electron chi connectivity index (χ1n) is 6.37. The predicted molar refractivity (Wildman–Crippen MR) is 77.1 cm³/mol. The zero-order valence-electron chi connectivity index (χ0n) is 10.2. The Balaban J connectivity index is 1.60. The monoisotopic (exact) mass is 259 g/mol. The van der Waals surface area contributed by atoms with Crippen LogP contribution in [0.2, 0.25) is 0 Å². The van der Waals surface area contributed by atoms with Gasteiger partial charge in [0.25, 0.3) is 0 Å². The van der Waals surface area contributed by atoms with Crippen molar-refractivity contribution in [1.82, 2.24) is 4.37 Å². The summed E-state index contributed by atoms with van der Waals surface area (Å²) < 4.78 is 4.26. The van der Waals surface area contributed by atoms with Gasteiger partial charge in [-0.1, -0.05) is 30.3 Å². The molecule has 0 unspecified atom stereocenters. The Kier molecular flexibility index (Phi) is 3.19. The fourth-order valence-electron chi connectivity index (χ4n) is 2.17. The third kappa shape index (κ3) is 2.48. The number of nitrogen functional groups attached to an aromatic ring is 1. The second kappa shape index (κ2) is 4.98. The average Bonchev–Trinajstić information content (AvgIpc) is 3.16. The number of aromatic nitrogens is 1. The first kappa shape index (κ1) is 11.5. The van der Waals surface area contributed by atoms with E-state index in [-0.39, 0.29) is 0 Å². The van der Waals surface area contributed by atoms with Gasteiger partial charge in [-0.25, -0.2) is 0 Å². The molecule has 1 aromatic heterocycles. The molecule has 3 N–H and O–H groups in total. The molecule has 1 aliphatic carbocycles. The largest absolute Gasteiger partial charge is 0.383 e. The Hall–Kier alpha value is -1.55. The lowest BCUT2D eigenvalue weighted by Crippen LogP contribution is -2.05. The fraction of sp³-hybridized carbons (Fsp3) is 0.357. The fourth-order valence-corrected chi connectivity index (χ4v) is 2.99. The minimum Gasteiger partial charge on any atom is -0.383 e. The van der Waals surface area contributed by atoms with Gasteiger partial charge in [-0.2, -0.15) is 4.37 Å². The summed E-state index contributed by atoms with van der Waals surface area (Å²) in [5.41, 5.74) is 8.54. The second-order valence-electron chi connectivity index (χ2n) is 4.75. The quantitative estimate of drug-likeness (QED) is 0.866. The van der Waals surface area contributed by atoms with Crippen LogP contribution < -0.4 is 11.1 Å². The Morgan fingerprint density at radius 3 is 2.78 bits per heavy atom. The van der Waals surface area contributed by atoms with Gasteiger partial charge in [-0.05, 0) is 42.3 Å². The van der Waals surface area contributed by atoms with Crippen LogP contribution in [0.5, 0.6) is 0 Å². The maximum atomic E-state index is 5.92. The molecule has 18 heavy (non-hydrogen) atoms. The molecular formula is C14H17N3S. The molecule has 1 aromatic carbocycles. The first-order valence-corrected chi connectivity index (χ1v) is 7.15. The van der Waals surface area contributed by atoms with Gasteiger partial charge in [0, 0.05) is 12.1 Å². The Morgan fingerprint density at radius 2 is 2.06 bits per heavy atom. The van der Waals surface area contributed by atoms with Crippen molar-refractivity contribution in [1.29, 1.82) is 0 Å². The molecule has 2 aromatic rings. The molecule has 94 valence electrons. The summed E-state index contributed by atoms with van der Waals surface area (Å²) in [6.07, 6.45) is 3.55. The minimum absolute atomic E-state index is 0.656. The highest BCUT2D eigenvalue weighted by Gasteiger charge is 2.30. The lowest BCUT2D eigenvalue weighted by molar-refractivity contribution is 1.02. The topological polar surface area (TPSA) is 50.9 Å². The number of anilines is 2. The highest BCUT2D eigenvalue weighted by Crippen LogP contribution is 2.47. The van der Waals surface area contributed by atoms with Gasteiger partial charge in [0.05, 0.1) is 0 Å². The van der Waals surface area contributed by atoms with Crippen molar-refractivity contribution in [3.05, 3.63) is 41.5 Å². The van der Waals surface area contributed by atoms with Crippen molar-refractivity contribution in [2.75, 3.05) is 17.6 Å². The summed E-state index contributed by atoms with van der Waals surface area (Å²) in [5.74, 6) is 1.38. The number of nitrogens with zero attached hydrogens (tertiary/aromatic N) is 1. The number of nitrogens with one attached hydrogen (secondary N) is 1. The normalized spacial score (nSPS) is 14.7. The predicted octanol–water partition coefficient (Wildman–Crippen LogP) is 3.26. The van der Waals surface area contributed by atoms with E-state index in [9.17, 15) is 0 Å². The Labute approximate surface area is 111 Å². The van der Waals surface area contributed by atoms with Crippen LogP contribution >= 0.6 is 11.5 Å². The van der Waals surface area contributed by atoms with E-state index in [0.717, 1.165) is 18.8 Å². The third-order valence-corrected chi connectivity index (χ3v) is 4.12. The van der Waals surface area contributed by atoms with E-state index in [1.54, 1.807) is 0 Å². The zero-order chi connectivity index (χ0) is 12.4. The van der Waals surface area contributed by atoms with Crippen LogP contribution in [0.4, 0.5) is 10.8 Å². The molecule has 1 saturated carbocycles. The number of nitrogens with two attached hydrogens (primary N) is 1. The van der Waals surface area contributed by atoms with Crippen molar-refractivity contribution >= 4 is 22.4 Å². The smallest absolute Gasteiger partial charge is 0.142 e. The maximum absolute atomic E-state index is 5.92. The second-order valence-corrected chi connectivity index (χ2v) is 5.52. The van der Waals surface area contributed by atoms with E-state index in [0.29, 0.717) is 5.92 Å². The molecule has 0 amide bonds. The van der Waals surface area contributed by atoms with Crippen LogP contribution in [-0.2, 0) is 6.42 Å². The van der Waals surface area contributed by atoms with Gasteiger partial charge in [-0.15, -0.1) is 0 Å². The van der Waals surface area contributed by atoms with Crippen molar-refractivity contribution < 1.29 is 0 Å². The van der Waals surface area contributed by atoms with Crippen LogP contribution in [0.15, 0.2) is 30.3 Å². The van der Waals surface area contributed by atoms with Gasteiger partial charge in [0.1, 0.15) is 10.8 Å². The van der Waals surface area contributed by atoms with E-state index in [4.69, 9.17) is 5.73 Å². The summed E-state index contributed by atoms with van der Waals surface area (Å²) in [5, 5.41) is 4.65. The van der Waals surface area contributed by atoms with E-state index in [1.165, 1.54) is 40.5 Å². The van der Waals surface area contributed by atoms with Gasteiger partial charge in [0.15, 0.2) is 0 Å². The van der Waals surface area contributed by atoms with Crippen molar-refractivity contribution in [2.45, 2.75) is 25.2 Å². The first-order chi connectivity index (χ1) is 8.84. The molecule has 0 atom stereocenters. The van der Waals surface area contributed by atoms with Crippen molar-refractivity contribution in [3.63, 3.8) is 0 Å². The third-order valence-electron chi connectivity index (χ3n) is 3.28. The van der Waals surface area contributed by atoms with E-state index < -0.39 is 0 Å². The van der Waals surface area contributed by atoms with Crippen LogP contribution in [0.3, 0.4) is 0 Å². The SMILES string of the molecule is Nc1nsc(NCCc2ccccc2)c1C1CC1. The van der Waals surface area contributed by atoms with Gasteiger partial charge in [0.2, 0.25) is 0 Å². The molecular weight excluding hydrogens is 242 g/mol. The molecule has 0 aliphatic heterocycles. The average molecular weight is 259 g/mol. The summed E-state index contributed by atoms with van der Waals surface area (Å²) in [4.78, 5) is 0. The molecule has 3 nitrogen and oxygen atoms in total. The molecule has 0 saturated heterocycles. The lowest BCUT2D eigenvalue weighted by Gasteiger charge is -2.06. The summed E-state index contributed by atoms with van der Waals surface area (Å²) >= 11 is 1.49. The number of rotatable bonds is 5. The van der Waals surface area contributed by atoms with Gasteiger partial charge >= 0.3 is 0 Å². The highest BCUT2D eigenvalue weighted by atomic mass is 32.1. The summed E-state index contributed by atoms with van der Waals surface area (Å²) in [7, 11) is 0. The summed E-state index contributed by atoms with van der Waals surface area (Å²) in [6, 6.07) is 10.5. The van der Waals surface area contributed by atoms with Gasteiger partial charge < -0.3 is 11.1 Å². The molecule has 1 aliphatic rings. The Morgan fingerprint density at radius 1 is 1.28 bits per heavy atom. The van der Waals surface area contributed by atoms with E-state index >= 15 is 0 Å². The van der Waals surface area contributed by atoms with Crippen molar-refractivity contribution in [2.24, 2.45) is 0 Å². The molecule has 3 rings (SSSR count). The van der Waals surface area contributed by atoms with Crippen LogP contribution in [-0.4, -0.2) is 10.9 Å². The minimum atomic E-state index is 0.656. The molecule has 1 heterocycles. The van der Waals surface area contributed by atoms with E-state index in [2.05, 4.69) is 34.0 Å². The van der Waals surface area contributed by atoms with Gasteiger partial charge in [-0.3, -0.25) is 0 Å². The number of hydrogen-bond acceptors (Lipinski definition) is 4. The van der Waals surface area contributed by atoms with Crippen LogP contribution in [0.1, 0.15) is 29.9 Å². The van der Waals surface area contributed by atoms with Crippen molar-refractivity contribution in [3.8, 4) is 0 Å². The molecule has 0 bridgehead atoms. The molecule has 0 spiro atoms. The van der Waals surface area contributed by atoms with Crippen LogP contribution in [0, 0.1) is 0 Å². The standard InChI is InChI=1S/C14H17N3S/c15-13-12(11-6-7-11)14(18-17-13)16-9-8-10-4-2-1-3-5-10/h1-5,11,16H,6-9H2,(H2,15,17). The molecule has 0 radical (unpaired) electrons. The summed E-state index contributed by atoms with van der Waals surface area (Å²) in [6.45, 7) is 0.936. The zero-order valence-corrected chi connectivity index (χ0v) is 11.0. The maximum Gasteiger partial charge on any atom is 0.142 e.